The molecule has 0 heterocycles. The normalized spacial score (nSPS) is 13.1. The molecule has 138 valence electrons. The van der Waals surface area contributed by atoms with E-state index in [1.54, 1.807) is 0 Å². The lowest BCUT2D eigenvalue weighted by molar-refractivity contribution is -0.152. The van der Waals surface area contributed by atoms with Crippen molar-refractivity contribution in [2.24, 2.45) is 5.92 Å². The van der Waals surface area contributed by atoms with Gasteiger partial charge in [-0.3, -0.25) is 4.79 Å². The van der Waals surface area contributed by atoms with Crippen LogP contribution in [-0.2, 0) is 14.3 Å². The first-order chi connectivity index (χ1) is 11.5. The van der Waals surface area contributed by atoms with Crippen LogP contribution in [0, 0.1) is 18.3 Å². The van der Waals surface area contributed by atoms with E-state index in [0.717, 1.165) is 25.7 Å². The average Bonchev–Trinajstić information content (AvgIpc) is 2.52. The Labute approximate surface area is 148 Å². The second-order valence-electron chi connectivity index (χ2n) is 6.93. The van der Waals surface area contributed by atoms with Crippen molar-refractivity contribution in [3.63, 3.8) is 0 Å². The van der Waals surface area contributed by atoms with Gasteiger partial charge < -0.3 is 10.1 Å². The number of carbonyl (C=O) groups excluding carboxylic acids is 2. The maximum Gasteiger partial charge on any atom is 0.328 e. The third-order valence-corrected chi connectivity index (χ3v) is 4.01. The van der Waals surface area contributed by atoms with Crippen LogP contribution in [0.25, 0.3) is 0 Å². The smallest absolute Gasteiger partial charge is 0.328 e. The van der Waals surface area contributed by atoms with Crippen LogP contribution < -0.4 is 5.32 Å². The molecule has 0 aromatic heterocycles. The first-order valence-electron chi connectivity index (χ1n) is 9.34. The van der Waals surface area contributed by atoms with Crippen LogP contribution in [0.1, 0.15) is 85.0 Å². The molecule has 0 unspecified atom stereocenters. The van der Waals surface area contributed by atoms with Crippen molar-refractivity contribution in [1.82, 2.24) is 5.32 Å². The molecule has 4 nitrogen and oxygen atoms in total. The lowest BCUT2D eigenvalue weighted by atomic mass is 10.0. The van der Waals surface area contributed by atoms with Gasteiger partial charge in [-0.05, 0) is 38.5 Å². The molecule has 0 fully saturated rings. The van der Waals surface area contributed by atoms with Gasteiger partial charge in [0.1, 0.15) is 6.04 Å². The van der Waals surface area contributed by atoms with Crippen molar-refractivity contribution in [1.29, 1.82) is 0 Å². The number of nitrogens with one attached hydrogen (secondary N) is 1. The highest BCUT2D eigenvalue weighted by Gasteiger charge is 2.22. The summed E-state index contributed by atoms with van der Waals surface area (Å²) >= 11 is 0. The largest absolute Gasteiger partial charge is 0.461 e. The Morgan fingerprint density at radius 2 is 1.67 bits per heavy atom. The summed E-state index contributed by atoms with van der Waals surface area (Å²) < 4.78 is 5.46. The molecule has 0 saturated heterocycles. The molecule has 0 aromatic carbocycles. The van der Waals surface area contributed by atoms with Crippen LogP contribution in [-0.4, -0.2) is 24.5 Å². The van der Waals surface area contributed by atoms with E-state index in [1.165, 1.54) is 32.1 Å². The molecule has 24 heavy (non-hydrogen) atoms. The van der Waals surface area contributed by atoms with Crippen molar-refractivity contribution in [3.05, 3.63) is 0 Å². The number of hydrogen-bond donors (Lipinski definition) is 1. The molecule has 4 heteroatoms. The summed E-state index contributed by atoms with van der Waals surface area (Å²) in [6, 6.07) is -0.534. The Bertz CT molecular complexity index is 374. The van der Waals surface area contributed by atoms with Crippen LogP contribution in [0.3, 0.4) is 0 Å². The first-order valence-corrected chi connectivity index (χ1v) is 9.34. The molecule has 1 amide bonds. The van der Waals surface area contributed by atoms with Gasteiger partial charge in [-0.15, -0.1) is 12.3 Å². The standard InChI is InChI=1S/C20H35NO3/c1-5-6-7-8-9-10-11-12-13-14-18(4)24-20(23)19(21-16-22)15-17(2)3/h1,16-19H,6-15H2,2-4H3,(H,21,22)/t18-,19+/m1/s1. The van der Waals surface area contributed by atoms with Crippen molar-refractivity contribution in [2.45, 2.75) is 97.1 Å². The summed E-state index contributed by atoms with van der Waals surface area (Å²) in [5, 5.41) is 2.56. The Morgan fingerprint density at radius 3 is 2.21 bits per heavy atom. The summed E-state index contributed by atoms with van der Waals surface area (Å²) in [5.41, 5.74) is 0. The molecule has 0 aliphatic rings. The highest BCUT2D eigenvalue weighted by Crippen LogP contribution is 2.13. The molecule has 0 aliphatic heterocycles. The Hall–Kier alpha value is -1.50. The van der Waals surface area contributed by atoms with E-state index in [4.69, 9.17) is 11.2 Å². The van der Waals surface area contributed by atoms with Gasteiger partial charge in [-0.1, -0.05) is 46.0 Å². The number of esters is 1. The summed E-state index contributed by atoms with van der Waals surface area (Å²) in [7, 11) is 0. The van der Waals surface area contributed by atoms with E-state index in [9.17, 15) is 9.59 Å². The maximum absolute atomic E-state index is 12.1. The van der Waals surface area contributed by atoms with Gasteiger partial charge in [-0.25, -0.2) is 4.79 Å². The van der Waals surface area contributed by atoms with Crippen LogP contribution >= 0.6 is 0 Å². The molecule has 0 rings (SSSR count). The molecule has 0 aliphatic carbocycles. The van der Waals surface area contributed by atoms with Gasteiger partial charge in [0.25, 0.3) is 0 Å². The van der Waals surface area contributed by atoms with Crippen molar-refractivity contribution >= 4 is 12.4 Å². The number of hydrogen-bond acceptors (Lipinski definition) is 3. The summed E-state index contributed by atoms with van der Waals surface area (Å²) in [5.74, 6) is 2.67. The minimum atomic E-state index is -0.534. The predicted octanol–water partition coefficient (Wildman–Crippen LogP) is 4.22. The zero-order chi connectivity index (χ0) is 18.2. The average molecular weight is 338 g/mol. The fourth-order valence-corrected chi connectivity index (χ4v) is 2.67. The van der Waals surface area contributed by atoms with E-state index < -0.39 is 6.04 Å². The second kappa shape index (κ2) is 15.1. The topological polar surface area (TPSA) is 55.4 Å². The van der Waals surface area contributed by atoms with E-state index in [0.29, 0.717) is 18.7 Å². The SMILES string of the molecule is C#CCCCCCCCCC[C@@H](C)OC(=O)[C@H](CC(C)C)NC=O. The zero-order valence-electron chi connectivity index (χ0n) is 15.7. The summed E-state index contributed by atoms with van der Waals surface area (Å²) in [6.45, 7) is 5.95. The maximum atomic E-state index is 12.1. The van der Waals surface area contributed by atoms with Gasteiger partial charge in [0.2, 0.25) is 6.41 Å². The number of carbonyl (C=O) groups is 2. The first kappa shape index (κ1) is 22.5. The monoisotopic (exact) mass is 337 g/mol. The summed E-state index contributed by atoms with van der Waals surface area (Å²) in [6.07, 6.45) is 16.4. The number of rotatable bonds is 15. The molecule has 1 N–H and O–H groups in total. The van der Waals surface area contributed by atoms with Crippen molar-refractivity contribution in [3.8, 4) is 12.3 Å². The molecular weight excluding hydrogens is 302 g/mol. The van der Waals surface area contributed by atoms with Crippen molar-refractivity contribution in [2.75, 3.05) is 0 Å². The van der Waals surface area contributed by atoms with Crippen LogP contribution in [0.2, 0.25) is 0 Å². The molecule has 2 atom stereocenters. The van der Waals surface area contributed by atoms with E-state index in [1.807, 2.05) is 20.8 Å². The van der Waals surface area contributed by atoms with Crippen LogP contribution in [0.5, 0.6) is 0 Å². The van der Waals surface area contributed by atoms with Crippen molar-refractivity contribution < 1.29 is 14.3 Å². The number of terminal acetylenes is 1. The zero-order valence-corrected chi connectivity index (χ0v) is 15.7. The minimum absolute atomic E-state index is 0.101. The predicted molar refractivity (Wildman–Crippen MR) is 98.4 cm³/mol. The third-order valence-electron chi connectivity index (χ3n) is 4.01. The van der Waals surface area contributed by atoms with Crippen LogP contribution in [0.4, 0.5) is 0 Å². The Morgan fingerprint density at radius 1 is 1.08 bits per heavy atom. The van der Waals surface area contributed by atoms with Crippen LogP contribution in [0.15, 0.2) is 0 Å². The molecule has 0 bridgehead atoms. The quantitative estimate of drug-likeness (QED) is 0.211. The molecule has 0 spiro atoms. The second-order valence-corrected chi connectivity index (χ2v) is 6.93. The fourth-order valence-electron chi connectivity index (χ4n) is 2.67. The number of amides is 1. The number of ether oxygens (including phenoxy) is 1. The Kier molecular flexibility index (Phi) is 14.1. The van der Waals surface area contributed by atoms with Gasteiger partial charge in [-0.2, -0.15) is 0 Å². The molecule has 0 saturated carbocycles. The van der Waals surface area contributed by atoms with E-state index in [2.05, 4.69) is 11.2 Å². The summed E-state index contributed by atoms with van der Waals surface area (Å²) in [4.78, 5) is 22.7. The number of unbranched alkanes of at least 4 members (excludes halogenated alkanes) is 7. The van der Waals surface area contributed by atoms with Gasteiger partial charge >= 0.3 is 5.97 Å². The molecule has 0 aromatic rings. The van der Waals surface area contributed by atoms with Gasteiger partial charge in [0.05, 0.1) is 6.10 Å². The Balaban J connectivity index is 3.76. The van der Waals surface area contributed by atoms with Gasteiger partial charge in [0.15, 0.2) is 0 Å². The van der Waals surface area contributed by atoms with E-state index in [-0.39, 0.29) is 12.1 Å². The molecule has 0 radical (unpaired) electrons. The minimum Gasteiger partial charge on any atom is -0.461 e. The fraction of sp³-hybridized carbons (Fsp3) is 0.800. The third kappa shape index (κ3) is 13.0. The lowest BCUT2D eigenvalue weighted by Crippen LogP contribution is -2.39. The highest BCUT2D eigenvalue weighted by atomic mass is 16.5. The lowest BCUT2D eigenvalue weighted by Gasteiger charge is -2.20. The highest BCUT2D eigenvalue weighted by molar-refractivity contribution is 5.78. The molecular formula is C20H35NO3. The van der Waals surface area contributed by atoms with Gasteiger partial charge in [0, 0.05) is 6.42 Å². The van der Waals surface area contributed by atoms with E-state index >= 15 is 0 Å².